The van der Waals surface area contributed by atoms with Crippen molar-refractivity contribution in [1.29, 1.82) is 0 Å². The number of guanidine groups is 1. The fourth-order valence-corrected chi connectivity index (χ4v) is 2.94. The first kappa shape index (κ1) is 16.8. The van der Waals surface area contributed by atoms with Crippen LogP contribution in [0.3, 0.4) is 0 Å². The van der Waals surface area contributed by atoms with E-state index in [9.17, 15) is 0 Å². The number of aliphatic imine (C=N–C) groups is 1. The molecule has 130 valence electrons. The van der Waals surface area contributed by atoms with Crippen molar-refractivity contribution in [2.24, 2.45) is 4.99 Å². The Labute approximate surface area is 142 Å². The predicted octanol–water partition coefficient (Wildman–Crippen LogP) is 1.74. The summed E-state index contributed by atoms with van der Waals surface area (Å²) in [7, 11) is 1.79. The average Bonchev–Trinajstić information content (AvgIpc) is 2.95. The molecule has 1 saturated heterocycles. The molecule has 6 nitrogen and oxygen atoms in total. The summed E-state index contributed by atoms with van der Waals surface area (Å²) >= 11 is 0. The molecule has 0 radical (unpaired) electrons. The Morgan fingerprint density at radius 1 is 1.21 bits per heavy atom. The highest BCUT2D eigenvalue weighted by Gasteiger charge is 2.11. The van der Waals surface area contributed by atoms with Crippen LogP contribution < -0.4 is 10.6 Å². The second kappa shape index (κ2) is 8.17. The standard InChI is InChI=1S/C18H26N4O2/c1-14-15-5-3-4-6-16(15)24-17(14)13-21-18(19-2)20-7-8-22-9-11-23-12-10-22/h3-6H,7-13H2,1-2H3,(H2,19,20,21). The molecule has 0 spiro atoms. The smallest absolute Gasteiger partial charge is 0.191 e. The highest BCUT2D eigenvalue weighted by Crippen LogP contribution is 2.24. The van der Waals surface area contributed by atoms with E-state index >= 15 is 0 Å². The van der Waals surface area contributed by atoms with Gasteiger partial charge in [-0.3, -0.25) is 9.89 Å². The Morgan fingerprint density at radius 2 is 2.00 bits per heavy atom. The molecule has 1 aliphatic rings. The zero-order chi connectivity index (χ0) is 16.8. The molecule has 2 aromatic rings. The monoisotopic (exact) mass is 330 g/mol. The summed E-state index contributed by atoms with van der Waals surface area (Å²) in [5.74, 6) is 1.75. The third kappa shape index (κ3) is 4.07. The molecule has 2 heterocycles. The lowest BCUT2D eigenvalue weighted by Gasteiger charge is -2.26. The molecule has 0 bridgehead atoms. The van der Waals surface area contributed by atoms with Gasteiger partial charge in [0.05, 0.1) is 19.8 Å². The molecule has 0 amide bonds. The van der Waals surface area contributed by atoms with Crippen LogP contribution in [-0.2, 0) is 11.3 Å². The van der Waals surface area contributed by atoms with Crippen molar-refractivity contribution in [1.82, 2.24) is 15.5 Å². The zero-order valence-electron chi connectivity index (χ0n) is 14.5. The molecule has 1 aromatic heterocycles. The molecule has 0 saturated carbocycles. The summed E-state index contributed by atoms with van der Waals surface area (Å²) in [5, 5.41) is 7.85. The maximum atomic E-state index is 5.93. The average molecular weight is 330 g/mol. The summed E-state index contributed by atoms with van der Waals surface area (Å²) in [4.78, 5) is 6.67. The van der Waals surface area contributed by atoms with Gasteiger partial charge < -0.3 is 19.8 Å². The fourth-order valence-electron chi connectivity index (χ4n) is 2.94. The SMILES string of the molecule is CN=C(NCCN1CCOCC1)NCc1oc2ccccc2c1C. The number of ether oxygens (including phenoxy) is 1. The van der Waals surface area contributed by atoms with Crippen LogP contribution in [0.4, 0.5) is 0 Å². The number of rotatable bonds is 5. The van der Waals surface area contributed by atoms with Gasteiger partial charge in [-0.15, -0.1) is 0 Å². The van der Waals surface area contributed by atoms with Crippen LogP contribution in [0.25, 0.3) is 11.0 Å². The minimum absolute atomic E-state index is 0.623. The van der Waals surface area contributed by atoms with Crippen molar-refractivity contribution >= 4 is 16.9 Å². The van der Waals surface area contributed by atoms with Gasteiger partial charge in [-0.1, -0.05) is 18.2 Å². The number of nitrogens with zero attached hydrogens (tertiary/aromatic N) is 2. The number of hydrogen-bond acceptors (Lipinski definition) is 4. The first-order chi connectivity index (χ1) is 11.8. The van der Waals surface area contributed by atoms with Gasteiger partial charge in [0.2, 0.25) is 0 Å². The van der Waals surface area contributed by atoms with Crippen LogP contribution in [0.5, 0.6) is 0 Å². The Balaban J connectivity index is 1.49. The van der Waals surface area contributed by atoms with E-state index in [1.807, 2.05) is 18.2 Å². The van der Waals surface area contributed by atoms with E-state index in [4.69, 9.17) is 9.15 Å². The molecule has 2 N–H and O–H groups in total. The fraction of sp³-hybridized carbons (Fsp3) is 0.500. The van der Waals surface area contributed by atoms with Crippen LogP contribution in [-0.4, -0.2) is 57.3 Å². The summed E-state index contributed by atoms with van der Waals surface area (Å²) in [6, 6.07) is 8.12. The highest BCUT2D eigenvalue weighted by atomic mass is 16.5. The lowest BCUT2D eigenvalue weighted by molar-refractivity contribution is 0.0389. The summed E-state index contributed by atoms with van der Waals surface area (Å²) in [6.07, 6.45) is 0. The zero-order valence-corrected chi connectivity index (χ0v) is 14.5. The molecular weight excluding hydrogens is 304 g/mol. The van der Waals surface area contributed by atoms with Crippen molar-refractivity contribution in [3.8, 4) is 0 Å². The quantitative estimate of drug-likeness (QED) is 0.646. The van der Waals surface area contributed by atoms with Gasteiger partial charge in [-0.2, -0.15) is 0 Å². The molecule has 6 heteroatoms. The minimum Gasteiger partial charge on any atom is -0.459 e. The molecule has 1 aliphatic heterocycles. The van der Waals surface area contributed by atoms with Crippen molar-refractivity contribution < 1.29 is 9.15 Å². The third-order valence-electron chi connectivity index (χ3n) is 4.41. The van der Waals surface area contributed by atoms with Crippen molar-refractivity contribution in [2.75, 3.05) is 46.4 Å². The second-order valence-electron chi connectivity index (χ2n) is 5.95. The van der Waals surface area contributed by atoms with Crippen LogP contribution in [0, 0.1) is 6.92 Å². The van der Waals surface area contributed by atoms with Crippen molar-refractivity contribution in [3.63, 3.8) is 0 Å². The molecule has 24 heavy (non-hydrogen) atoms. The van der Waals surface area contributed by atoms with Crippen LogP contribution in [0.1, 0.15) is 11.3 Å². The van der Waals surface area contributed by atoms with E-state index in [1.165, 1.54) is 10.9 Å². The maximum absolute atomic E-state index is 5.93. The number of fused-ring (bicyclic) bond motifs is 1. The summed E-state index contributed by atoms with van der Waals surface area (Å²) in [5.41, 5.74) is 2.11. The lowest BCUT2D eigenvalue weighted by atomic mass is 10.1. The number of hydrogen-bond donors (Lipinski definition) is 2. The van der Waals surface area contributed by atoms with Gasteiger partial charge in [0.25, 0.3) is 0 Å². The van der Waals surface area contributed by atoms with Gasteiger partial charge in [0.1, 0.15) is 11.3 Å². The van der Waals surface area contributed by atoms with Crippen molar-refractivity contribution in [2.45, 2.75) is 13.5 Å². The van der Waals surface area contributed by atoms with Gasteiger partial charge in [0, 0.05) is 44.2 Å². The minimum atomic E-state index is 0.623. The van der Waals surface area contributed by atoms with Crippen molar-refractivity contribution in [3.05, 3.63) is 35.6 Å². The molecular formula is C18H26N4O2. The lowest BCUT2D eigenvalue weighted by Crippen LogP contribution is -2.44. The van der Waals surface area contributed by atoms with E-state index in [2.05, 4.69) is 33.5 Å². The summed E-state index contributed by atoms with van der Waals surface area (Å²) < 4.78 is 11.3. The van der Waals surface area contributed by atoms with Gasteiger partial charge >= 0.3 is 0 Å². The maximum Gasteiger partial charge on any atom is 0.191 e. The molecule has 0 unspecified atom stereocenters. The first-order valence-corrected chi connectivity index (χ1v) is 8.49. The normalized spacial score (nSPS) is 16.5. The Bertz CT molecular complexity index is 689. The van der Waals surface area contributed by atoms with E-state index < -0.39 is 0 Å². The number of nitrogens with one attached hydrogen (secondary N) is 2. The van der Waals surface area contributed by atoms with Crippen LogP contribution >= 0.6 is 0 Å². The number of aryl methyl sites for hydroxylation is 1. The second-order valence-corrected chi connectivity index (χ2v) is 5.95. The number of furan rings is 1. The van der Waals surface area contributed by atoms with E-state index in [1.54, 1.807) is 7.05 Å². The molecule has 3 rings (SSSR count). The third-order valence-corrected chi connectivity index (χ3v) is 4.41. The number of para-hydroxylation sites is 1. The van der Waals surface area contributed by atoms with Gasteiger partial charge in [-0.05, 0) is 13.0 Å². The molecule has 0 aliphatic carbocycles. The molecule has 1 fully saturated rings. The summed E-state index contributed by atoms with van der Waals surface area (Å²) in [6.45, 7) is 8.25. The topological polar surface area (TPSA) is 62.0 Å². The largest absolute Gasteiger partial charge is 0.459 e. The van der Waals surface area contributed by atoms with Gasteiger partial charge in [0.15, 0.2) is 5.96 Å². The molecule has 1 aromatic carbocycles. The Hall–Kier alpha value is -2.05. The number of benzene rings is 1. The van der Waals surface area contributed by atoms with Crippen LogP contribution in [0.15, 0.2) is 33.7 Å². The van der Waals surface area contributed by atoms with Crippen LogP contribution in [0.2, 0.25) is 0 Å². The highest BCUT2D eigenvalue weighted by molar-refractivity contribution is 5.82. The first-order valence-electron chi connectivity index (χ1n) is 8.49. The van der Waals surface area contributed by atoms with Gasteiger partial charge in [-0.25, -0.2) is 0 Å². The molecule has 0 atom stereocenters. The Kier molecular flexibility index (Phi) is 5.72. The number of morpholine rings is 1. The van der Waals surface area contributed by atoms with E-state index in [-0.39, 0.29) is 0 Å². The Morgan fingerprint density at radius 3 is 2.75 bits per heavy atom. The van der Waals surface area contributed by atoms with E-state index in [0.717, 1.165) is 56.7 Å². The van der Waals surface area contributed by atoms with E-state index in [0.29, 0.717) is 6.54 Å². The predicted molar refractivity (Wildman–Crippen MR) is 96.4 cm³/mol.